The molecule has 6 nitrogen and oxygen atoms in total. The quantitative estimate of drug-likeness (QED) is 0.291. The van der Waals surface area contributed by atoms with Crippen LogP contribution in [0.4, 0.5) is 0 Å². The molecule has 0 fully saturated rings. The average Bonchev–Trinajstić information content (AvgIpc) is 2.82. The van der Waals surface area contributed by atoms with Crippen molar-refractivity contribution in [3.8, 4) is 22.5 Å². The molecule has 2 aromatic carbocycles. The Hall–Kier alpha value is -3.74. The second-order valence-electron chi connectivity index (χ2n) is 7.19. The van der Waals surface area contributed by atoms with Crippen LogP contribution in [0.15, 0.2) is 73.6 Å². The number of hydrogen-bond acceptors (Lipinski definition) is 6. The van der Waals surface area contributed by atoms with Gasteiger partial charge in [-0.2, -0.15) is 0 Å². The molecule has 32 heavy (non-hydrogen) atoms. The average molecular weight is 455 g/mol. The number of benzene rings is 2. The van der Waals surface area contributed by atoms with Crippen LogP contribution in [-0.4, -0.2) is 29.9 Å². The van der Waals surface area contributed by atoms with Gasteiger partial charge in [0.1, 0.15) is 10.3 Å². The molecule has 0 aliphatic heterocycles. The highest BCUT2D eigenvalue weighted by atomic mass is 35.5. The highest BCUT2D eigenvalue weighted by Crippen LogP contribution is 2.36. The normalized spacial score (nSPS) is 11.4. The van der Waals surface area contributed by atoms with Gasteiger partial charge in [-0.1, -0.05) is 47.5 Å². The summed E-state index contributed by atoms with van der Waals surface area (Å²) in [6.07, 6.45) is 9.96. The smallest absolute Gasteiger partial charge is 0.148 e. The summed E-state index contributed by atoms with van der Waals surface area (Å²) < 4.78 is 0. The van der Waals surface area contributed by atoms with E-state index < -0.39 is 0 Å². The Morgan fingerprint density at radius 3 is 1.53 bits per heavy atom. The van der Waals surface area contributed by atoms with Gasteiger partial charge in [0.25, 0.3) is 0 Å². The summed E-state index contributed by atoms with van der Waals surface area (Å²) in [5.41, 5.74) is 4.84. The molecule has 0 N–H and O–H groups in total. The first-order valence-corrected chi connectivity index (χ1v) is 10.5. The van der Waals surface area contributed by atoms with E-state index in [1.54, 1.807) is 24.8 Å². The third-order valence-electron chi connectivity index (χ3n) is 5.36. The lowest BCUT2D eigenvalue weighted by Crippen LogP contribution is -1.93. The van der Waals surface area contributed by atoms with Gasteiger partial charge in [0.05, 0.1) is 47.2 Å². The van der Waals surface area contributed by atoms with Crippen molar-refractivity contribution in [3.63, 3.8) is 0 Å². The molecule has 0 saturated carbocycles. The Morgan fingerprint density at radius 2 is 1.06 bits per heavy atom. The third-order valence-corrected chi connectivity index (χ3v) is 5.73. The van der Waals surface area contributed by atoms with E-state index in [1.165, 1.54) is 12.4 Å². The molecule has 4 heterocycles. The number of pyridine rings is 2. The lowest BCUT2D eigenvalue weighted by atomic mass is 9.97. The van der Waals surface area contributed by atoms with Crippen LogP contribution in [0.1, 0.15) is 0 Å². The van der Waals surface area contributed by atoms with E-state index in [-0.39, 0.29) is 0 Å². The molecule has 152 valence electrons. The van der Waals surface area contributed by atoms with Crippen LogP contribution in [0.2, 0.25) is 10.3 Å². The maximum absolute atomic E-state index is 6.09. The molecule has 0 saturated heterocycles. The fourth-order valence-electron chi connectivity index (χ4n) is 4.03. The van der Waals surface area contributed by atoms with Crippen LogP contribution >= 0.6 is 23.2 Å². The minimum Gasteiger partial charge on any atom is -0.259 e. The monoisotopic (exact) mass is 454 g/mol. The van der Waals surface area contributed by atoms with Crippen molar-refractivity contribution in [1.82, 2.24) is 29.9 Å². The molecule has 0 atom stereocenters. The van der Waals surface area contributed by atoms with E-state index in [0.29, 0.717) is 21.7 Å². The van der Waals surface area contributed by atoms with E-state index in [9.17, 15) is 0 Å². The minimum atomic E-state index is 0.340. The first kappa shape index (κ1) is 19.0. The zero-order valence-electron chi connectivity index (χ0n) is 16.4. The van der Waals surface area contributed by atoms with Gasteiger partial charge in [-0.15, -0.1) is 0 Å². The highest BCUT2D eigenvalue weighted by Gasteiger charge is 2.15. The number of nitrogens with zero attached hydrogens (tertiary/aromatic N) is 6. The molecule has 0 amide bonds. The summed E-state index contributed by atoms with van der Waals surface area (Å²) in [5.74, 6) is 0. The number of halogens is 2. The van der Waals surface area contributed by atoms with Crippen LogP contribution in [0.3, 0.4) is 0 Å². The van der Waals surface area contributed by atoms with Gasteiger partial charge in [-0.05, 0) is 17.5 Å². The maximum Gasteiger partial charge on any atom is 0.148 e. The van der Waals surface area contributed by atoms with E-state index >= 15 is 0 Å². The molecular weight excluding hydrogens is 443 g/mol. The number of fused-ring (bicyclic) bond motifs is 5. The summed E-state index contributed by atoms with van der Waals surface area (Å²) in [6.45, 7) is 0. The molecule has 4 aromatic heterocycles. The minimum absolute atomic E-state index is 0.340. The molecule has 0 aliphatic rings. The standard InChI is InChI=1S/C24H12Cl2N6/c25-20-11-27-9-18(31-20)14-5-7-29-23-16(14)3-1-13-2-4-17-15(6-8-30-24(17)22(13)23)19-10-28-12-21(26)32-19/h1-12H. The van der Waals surface area contributed by atoms with Gasteiger partial charge in [-0.25, -0.2) is 9.97 Å². The molecule has 0 unspecified atom stereocenters. The predicted octanol–water partition coefficient (Wildman–Crippen LogP) is 6.16. The van der Waals surface area contributed by atoms with Crippen molar-refractivity contribution in [1.29, 1.82) is 0 Å². The van der Waals surface area contributed by atoms with Crippen molar-refractivity contribution >= 4 is 55.8 Å². The lowest BCUT2D eigenvalue weighted by molar-refractivity contribution is 1.21. The van der Waals surface area contributed by atoms with Gasteiger partial charge in [0.2, 0.25) is 0 Å². The van der Waals surface area contributed by atoms with E-state index in [2.05, 4.69) is 32.1 Å². The van der Waals surface area contributed by atoms with Crippen LogP contribution in [0.5, 0.6) is 0 Å². The molecule has 6 aromatic rings. The Bertz CT molecular complexity index is 1550. The molecular formula is C24H12Cl2N6. The molecule has 8 heteroatoms. The highest BCUT2D eigenvalue weighted by molar-refractivity contribution is 6.29. The fourth-order valence-corrected chi connectivity index (χ4v) is 4.32. The molecule has 0 aliphatic carbocycles. The molecule has 0 spiro atoms. The van der Waals surface area contributed by atoms with E-state index in [0.717, 1.165) is 43.7 Å². The largest absolute Gasteiger partial charge is 0.259 e. The second kappa shape index (κ2) is 7.44. The van der Waals surface area contributed by atoms with Crippen molar-refractivity contribution in [2.45, 2.75) is 0 Å². The zero-order valence-corrected chi connectivity index (χ0v) is 17.9. The van der Waals surface area contributed by atoms with Gasteiger partial charge in [0, 0.05) is 39.7 Å². The van der Waals surface area contributed by atoms with Crippen LogP contribution in [0, 0.1) is 0 Å². The molecule has 0 bridgehead atoms. The van der Waals surface area contributed by atoms with Crippen LogP contribution in [0.25, 0.3) is 55.1 Å². The summed E-state index contributed by atoms with van der Waals surface area (Å²) >= 11 is 12.2. The Kier molecular flexibility index (Phi) is 4.41. The van der Waals surface area contributed by atoms with Crippen LogP contribution < -0.4 is 0 Å². The zero-order chi connectivity index (χ0) is 21.7. The predicted molar refractivity (Wildman–Crippen MR) is 127 cm³/mol. The number of hydrogen-bond donors (Lipinski definition) is 0. The van der Waals surface area contributed by atoms with Gasteiger partial charge >= 0.3 is 0 Å². The van der Waals surface area contributed by atoms with Crippen molar-refractivity contribution in [2.75, 3.05) is 0 Å². The van der Waals surface area contributed by atoms with E-state index in [4.69, 9.17) is 33.2 Å². The Labute approximate surface area is 192 Å². The first-order valence-electron chi connectivity index (χ1n) is 9.74. The third kappa shape index (κ3) is 3.04. The van der Waals surface area contributed by atoms with Crippen molar-refractivity contribution in [3.05, 3.63) is 83.9 Å². The number of rotatable bonds is 2. The maximum atomic E-state index is 6.09. The fraction of sp³-hybridized carbons (Fsp3) is 0. The topological polar surface area (TPSA) is 77.3 Å². The van der Waals surface area contributed by atoms with Gasteiger partial charge < -0.3 is 0 Å². The number of aromatic nitrogens is 6. The molecule has 6 rings (SSSR count). The van der Waals surface area contributed by atoms with Crippen LogP contribution in [-0.2, 0) is 0 Å². The van der Waals surface area contributed by atoms with E-state index in [1.807, 2.05) is 24.3 Å². The SMILES string of the molecule is Clc1cncc(-c2ccnc3c2ccc2ccc4c(-c5cncc(Cl)n5)ccnc4c23)n1. The van der Waals surface area contributed by atoms with Gasteiger partial charge in [0.15, 0.2) is 0 Å². The Morgan fingerprint density at radius 1 is 0.562 bits per heavy atom. The summed E-state index contributed by atoms with van der Waals surface area (Å²) in [6, 6.07) is 12.0. The second-order valence-corrected chi connectivity index (χ2v) is 7.97. The Balaban J connectivity index is 1.70. The summed E-state index contributed by atoms with van der Waals surface area (Å²) in [5, 5.41) is 4.56. The first-order chi connectivity index (χ1) is 15.7. The molecule has 0 radical (unpaired) electrons. The summed E-state index contributed by atoms with van der Waals surface area (Å²) in [7, 11) is 0. The van der Waals surface area contributed by atoms with Crippen molar-refractivity contribution in [2.24, 2.45) is 0 Å². The van der Waals surface area contributed by atoms with Crippen molar-refractivity contribution < 1.29 is 0 Å². The van der Waals surface area contributed by atoms with Gasteiger partial charge in [-0.3, -0.25) is 19.9 Å². The summed E-state index contributed by atoms with van der Waals surface area (Å²) in [4.78, 5) is 26.7. The lowest BCUT2D eigenvalue weighted by Gasteiger charge is -2.12.